The van der Waals surface area contributed by atoms with Gasteiger partial charge in [0.1, 0.15) is 10.7 Å². The highest BCUT2D eigenvalue weighted by molar-refractivity contribution is 7.89. The van der Waals surface area contributed by atoms with Gasteiger partial charge in [-0.2, -0.15) is 0 Å². The minimum atomic E-state index is -3.68. The second kappa shape index (κ2) is 7.72. The number of anilines is 1. The standard InChI is InChI=1S/C14H24FN3O2S/c1-11(2)18(3)9-5-4-8-17-21(19,20)14-7-6-12(15)10-13(14)16/h6-7,10-11,17H,4-5,8-9,16H2,1-3H3. The van der Waals surface area contributed by atoms with E-state index in [1.165, 1.54) is 6.07 Å². The third-order valence-corrected chi connectivity index (χ3v) is 4.91. The van der Waals surface area contributed by atoms with Crippen molar-refractivity contribution in [3.05, 3.63) is 24.0 Å². The van der Waals surface area contributed by atoms with Crippen LogP contribution in [0.1, 0.15) is 26.7 Å². The van der Waals surface area contributed by atoms with Crippen molar-refractivity contribution in [1.29, 1.82) is 0 Å². The molecule has 0 unspecified atom stereocenters. The summed E-state index contributed by atoms with van der Waals surface area (Å²) in [5.41, 5.74) is 5.46. The SMILES string of the molecule is CC(C)N(C)CCCCNS(=O)(=O)c1ccc(F)cc1N. The molecule has 0 saturated carbocycles. The van der Waals surface area contributed by atoms with E-state index in [4.69, 9.17) is 5.73 Å². The molecule has 3 N–H and O–H groups in total. The first-order chi connectivity index (χ1) is 9.74. The lowest BCUT2D eigenvalue weighted by molar-refractivity contribution is 0.268. The highest BCUT2D eigenvalue weighted by atomic mass is 32.2. The Bertz CT molecular complexity index is 561. The van der Waals surface area contributed by atoms with Crippen LogP contribution in [0.3, 0.4) is 0 Å². The number of hydrogen-bond acceptors (Lipinski definition) is 4. The lowest BCUT2D eigenvalue weighted by atomic mass is 10.2. The fraction of sp³-hybridized carbons (Fsp3) is 0.571. The van der Waals surface area contributed by atoms with Crippen LogP contribution in [0, 0.1) is 5.82 Å². The average Bonchev–Trinajstić information content (AvgIpc) is 2.37. The minimum Gasteiger partial charge on any atom is -0.398 e. The van der Waals surface area contributed by atoms with Gasteiger partial charge in [0.05, 0.1) is 5.69 Å². The quantitative estimate of drug-likeness (QED) is 0.566. The van der Waals surface area contributed by atoms with Crippen molar-refractivity contribution >= 4 is 15.7 Å². The van der Waals surface area contributed by atoms with E-state index in [0.29, 0.717) is 12.6 Å². The highest BCUT2D eigenvalue weighted by Gasteiger charge is 2.17. The molecule has 7 heteroatoms. The molecule has 0 saturated heterocycles. The molecule has 0 fully saturated rings. The van der Waals surface area contributed by atoms with Crippen molar-refractivity contribution in [1.82, 2.24) is 9.62 Å². The number of nitrogens with zero attached hydrogens (tertiary/aromatic N) is 1. The van der Waals surface area contributed by atoms with Gasteiger partial charge in [0, 0.05) is 12.6 Å². The van der Waals surface area contributed by atoms with E-state index >= 15 is 0 Å². The van der Waals surface area contributed by atoms with Gasteiger partial charge in [0.2, 0.25) is 10.0 Å². The Hall–Kier alpha value is -1.18. The molecule has 0 radical (unpaired) electrons. The Morgan fingerprint density at radius 3 is 2.57 bits per heavy atom. The van der Waals surface area contributed by atoms with Crippen LogP contribution in [0.5, 0.6) is 0 Å². The molecule has 0 atom stereocenters. The van der Waals surface area contributed by atoms with Gasteiger partial charge in [-0.15, -0.1) is 0 Å². The van der Waals surface area contributed by atoms with E-state index in [1.54, 1.807) is 0 Å². The number of benzene rings is 1. The van der Waals surface area contributed by atoms with Gasteiger partial charge in [-0.05, 0) is 58.5 Å². The third kappa shape index (κ3) is 5.61. The summed E-state index contributed by atoms with van der Waals surface area (Å²) in [6.07, 6.45) is 1.63. The van der Waals surface area contributed by atoms with Gasteiger partial charge in [0.25, 0.3) is 0 Å². The number of hydrogen-bond donors (Lipinski definition) is 2. The largest absolute Gasteiger partial charge is 0.398 e. The van der Waals surface area contributed by atoms with Gasteiger partial charge in [-0.25, -0.2) is 17.5 Å². The van der Waals surface area contributed by atoms with Crippen LogP contribution in [0.25, 0.3) is 0 Å². The second-order valence-electron chi connectivity index (χ2n) is 5.36. The molecular formula is C14H24FN3O2S. The summed E-state index contributed by atoms with van der Waals surface area (Å²) in [5, 5.41) is 0. The summed E-state index contributed by atoms with van der Waals surface area (Å²) < 4.78 is 39.5. The van der Waals surface area contributed by atoms with E-state index < -0.39 is 15.8 Å². The molecule has 0 amide bonds. The average molecular weight is 317 g/mol. The monoisotopic (exact) mass is 317 g/mol. The van der Waals surface area contributed by atoms with Crippen LogP contribution in [0.4, 0.5) is 10.1 Å². The highest BCUT2D eigenvalue weighted by Crippen LogP contribution is 2.18. The Morgan fingerprint density at radius 1 is 1.33 bits per heavy atom. The van der Waals surface area contributed by atoms with Crippen molar-refractivity contribution in [3.63, 3.8) is 0 Å². The van der Waals surface area contributed by atoms with Crippen LogP contribution < -0.4 is 10.5 Å². The summed E-state index contributed by atoms with van der Waals surface area (Å²) in [4.78, 5) is 2.12. The molecule has 1 aromatic carbocycles. The third-order valence-electron chi connectivity index (χ3n) is 3.37. The van der Waals surface area contributed by atoms with E-state index in [-0.39, 0.29) is 10.6 Å². The number of rotatable bonds is 8. The topological polar surface area (TPSA) is 75.4 Å². The first-order valence-corrected chi connectivity index (χ1v) is 8.47. The Balaban J connectivity index is 2.47. The number of unbranched alkanes of at least 4 members (excludes halogenated alkanes) is 1. The van der Waals surface area contributed by atoms with E-state index in [9.17, 15) is 12.8 Å². The number of sulfonamides is 1. The Labute approximate surface area is 126 Å². The summed E-state index contributed by atoms with van der Waals surface area (Å²) in [5.74, 6) is -0.553. The molecule has 21 heavy (non-hydrogen) atoms. The number of nitrogens with one attached hydrogen (secondary N) is 1. The zero-order valence-electron chi connectivity index (χ0n) is 12.8. The number of nitrogens with two attached hydrogens (primary N) is 1. The molecule has 0 aliphatic rings. The zero-order chi connectivity index (χ0) is 16.0. The van der Waals surface area contributed by atoms with Gasteiger partial charge in [0.15, 0.2) is 0 Å². The summed E-state index contributed by atoms with van der Waals surface area (Å²) in [6.45, 7) is 5.48. The maximum absolute atomic E-state index is 12.9. The Kier molecular flexibility index (Phi) is 6.57. The molecular weight excluding hydrogens is 293 g/mol. The number of halogens is 1. The predicted octanol–water partition coefficient (Wildman–Crippen LogP) is 1.81. The predicted molar refractivity (Wildman–Crippen MR) is 83.0 cm³/mol. The molecule has 1 rings (SSSR count). The van der Waals surface area contributed by atoms with Crippen LogP contribution in [-0.2, 0) is 10.0 Å². The maximum atomic E-state index is 12.9. The lowest BCUT2D eigenvalue weighted by Gasteiger charge is -2.20. The molecule has 0 aliphatic heterocycles. The van der Waals surface area contributed by atoms with E-state index in [2.05, 4.69) is 23.5 Å². The van der Waals surface area contributed by atoms with Crippen molar-refractivity contribution < 1.29 is 12.8 Å². The fourth-order valence-corrected chi connectivity index (χ4v) is 2.98. The molecule has 0 bridgehead atoms. The Morgan fingerprint density at radius 2 is 2.00 bits per heavy atom. The number of nitrogen functional groups attached to an aromatic ring is 1. The van der Waals surface area contributed by atoms with E-state index in [0.717, 1.165) is 31.5 Å². The van der Waals surface area contributed by atoms with Gasteiger partial charge >= 0.3 is 0 Å². The van der Waals surface area contributed by atoms with Gasteiger partial charge in [-0.3, -0.25) is 0 Å². The molecule has 0 aromatic heterocycles. The molecule has 0 heterocycles. The van der Waals surface area contributed by atoms with Gasteiger partial charge in [-0.1, -0.05) is 0 Å². The summed E-state index contributed by atoms with van der Waals surface area (Å²) in [7, 11) is -1.64. The van der Waals surface area contributed by atoms with Crippen LogP contribution in [0.2, 0.25) is 0 Å². The minimum absolute atomic E-state index is 0.0804. The van der Waals surface area contributed by atoms with Crippen molar-refractivity contribution in [3.8, 4) is 0 Å². The van der Waals surface area contributed by atoms with E-state index in [1.807, 2.05) is 7.05 Å². The van der Waals surface area contributed by atoms with Gasteiger partial charge < -0.3 is 10.6 Å². The first kappa shape index (κ1) is 17.9. The first-order valence-electron chi connectivity index (χ1n) is 6.99. The molecule has 120 valence electrons. The molecule has 0 aliphatic carbocycles. The summed E-state index contributed by atoms with van der Waals surface area (Å²) in [6, 6.07) is 3.74. The normalized spacial score (nSPS) is 12.3. The van der Waals surface area contributed by atoms with Crippen molar-refractivity contribution in [2.75, 3.05) is 25.9 Å². The van der Waals surface area contributed by atoms with Crippen LogP contribution >= 0.6 is 0 Å². The smallest absolute Gasteiger partial charge is 0.242 e. The molecule has 5 nitrogen and oxygen atoms in total. The zero-order valence-corrected chi connectivity index (χ0v) is 13.6. The van der Waals surface area contributed by atoms with Crippen molar-refractivity contribution in [2.45, 2.75) is 37.6 Å². The van der Waals surface area contributed by atoms with Crippen molar-refractivity contribution in [2.24, 2.45) is 0 Å². The summed E-state index contributed by atoms with van der Waals surface area (Å²) >= 11 is 0. The van der Waals surface area contributed by atoms with Crippen LogP contribution in [-0.4, -0.2) is 39.5 Å². The second-order valence-corrected chi connectivity index (χ2v) is 7.10. The fourth-order valence-electron chi connectivity index (χ4n) is 1.79. The molecule has 1 aromatic rings. The lowest BCUT2D eigenvalue weighted by Crippen LogP contribution is -2.29. The maximum Gasteiger partial charge on any atom is 0.242 e. The van der Waals surface area contributed by atoms with Crippen LogP contribution in [0.15, 0.2) is 23.1 Å². The molecule has 0 spiro atoms.